The van der Waals surface area contributed by atoms with Crippen molar-refractivity contribution in [1.29, 1.82) is 0 Å². The van der Waals surface area contributed by atoms with Gasteiger partial charge in [-0.2, -0.15) is 0 Å². The van der Waals surface area contributed by atoms with Crippen molar-refractivity contribution < 1.29 is 0 Å². The second-order valence-corrected chi connectivity index (χ2v) is 5.79. The third-order valence-electron chi connectivity index (χ3n) is 3.73. The van der Waals surface area contributed by atoms with Crippen LogP contribution in [0.2, 0.25) is 5.15 Å². The number of halogens is 1. The molecule has 0 aliphatic rings. The molecule has 0 aliphatic heterocycles. The van der Waals surface area contributed by atoms with Crippen molar-refractivity contribution in [3.8, 4) is 11.4 Å². The van der Waals surface area contributed by atoms with Crippen LogP contribution in [0.15, 0.2) is 48.8 Å². The van der Waals surface area contributed by atoms with E-state index in [0.717, 1.165) is 28.4 Å². The summed E-state index contributed by atoms with van der Waals surface area (Å²) in [6, 6.07) is 11.9. The molecule has 3 aromatic heterocycles. The Bertz CT molecular complexity index is 955. The van der Waals surface area contributed by atoms with Crippen LogP contribution in [0.1, 0.15) is 11.4 Å². The Labute approximate surface area is 138 Å². The van der Waals surface area contributed by atoms with Crippen LogP contribution in [0.3, 0.4) is 0 Å². The lowest BCUT2D eigenvalue weighted by Crippen LogP contribution is -2.04. The van der Waals surface area contributed by atoms with Crippen LogP contribution in [-0.2, 0) is 6.54 Å². The zero-order chi connectivity index (χ0) is 15.8. The number of nitrogens with one attached hydrogen (secondary N) is 1. The standard InChI is InChI=1S/C17H14ClN5/c1-11-2-4-12(5-3-11)16-21-13-6-7-14(18)22-17(13)23(16)10-15-19-8-9-20-15/h2-9H,10H2,1H3,(H,19,20). The zero-order valence-electron chi connectivity index (χ0n) is 12.5. The smallest absolute Gasteiger partial charge is 0.162 e. The minimum atomic E-state index is 0.452. The van der Waals surface area contributed by atoms with Crippen LogP contribution >= 0.6 is 11.6 Å². The van der Waals surface area contributed by atoms with Crippen LogP contribution in [0, 0.1) is 6.92 Å². The van der Waals surface area contributed by atoms with Crippen molar-refractivity contribution in [3.05, 3.63) is 65.3 Å². The molecule has 1 N–H and O–H groups in total. The van der Waals surface area contributed by atoms with Crippen molar-refractivity contribution in [2.75, 3.05) is 0 Å². The molecular formula is C17H14ClN5. The first-order valence-corrected chi connectivity index (χ1v) is 7.66. The summed E-state index contributed by atoms with van der Waals surface area (Å²) in [6.45, 7) is 2.62. The van der Waals surface area contributed by atoms with E-state index in [1.165, 1.54) is 5.56 Å². The average Bonchev–Trinajstić information content (AvgIpc) is 3.17. The molecule has 4 rings (SSSR count). The lowest BCUT2D eigenvalue weighted by Gasteiger charge is -2.07. The van der Waals surface area contributed by atoms with E-state index in [9.17, 15) is 0 Å². The lowest BCUT2D eigenvalue weighted by molar-refractivity contribution is 0.778. The van der Waals surface area contributed by atoms with E-state index in [1.807, 2.05) is 10.6 Å². The van der Waals surface area contributed by atoms with Crippen LogP contribution in [0.25, 0.3) is 22.6 Å². The largest absolute Gasteiger partial charge is 0.347 e. The van der Waals surface area contributed by atoms with Gasteiger partial charge in [-0.25, -0.2) is 15.0 Å². The Balaban J connectivity index is 1.93. The van der Waals surface area contributed by atoms with Crippen molar-refractivity contribution >= 4 is 22.8 Å². The predicted octanol–water partition coefficient (Wildman–Crippen LogP) is 3.83. The highest BCUT2D eigenvalue weighted by Gasteiger charge is 2.15. The molecule has 0 amide bonds. The van der Waals surface area contributed by atoms with E-state index in [1.54, 1.807) is 18.5 Å². The molecule has 0 radical (unpaired) electrons. The Kier molecular flexibility index (Phi) is 3.35. The molecule has 1 aromatic carbocycles. The maximum absolute atomic E-state index is 6.07. The highest BCUT2D eigenvalue weighted by molar-refractivity contribution is 6.29. The van der Waals surface area contributed by atoms with Gasteiger partial charge in [0.15, 0.2) is 5.65 Å². The van der Waals surface area contributed by atoms with E-state index < -0.39 is 0 Å². The van der Waals surface area contributed by atoms with Crippen molar-refractivity contribution in [1.82, 2.24) is 24.5 Å². The van der Waals surface area contributed by atoms with Gasteiger partial charge >= 0.3 is 0 Å². The van der Waals surface area contributed by atoms with Crippen LogP contribution < -0.4 is 0 Å². The number of nitrogens with zero attached hydrogens (tertiary/aromatic N) is 4. The average molecular weight is 324 g/mol. The first-order chi connectivity index (χ1) is 11.2. The number of aromatic nitrogens is 5. The fourth-order valence-corrected chi connectivity index (χ4v) is 2.73. The molecule has 0 fully saturated rings. The number of benzene rings is 1. The summed E-state index contributed by atoms with van der Waals surface area (Å²) in [7, 11) is 0. The summed E-state index contributed by atoms with van der Waals surface area (Å²) in [5.74, 6) is 1.70. The van der Waals surface area contributed by atoms with Gasteiger partial charge in [0.05, 0.1) is 6.54 Å². The molecule has 0 spiro atoms. The van der Waals surface area contributed by atoms with Gasteiger partial charge in [-0.3, -0.25) is 0 Å². The van der Waals surface area contributed by atoms with Gasteiger partial charge in [0.2, 0.25) is 0 Å². The molecule has 3 heterocycles. The molecule has 6 heteroatoms. The first-order valence-electron chi connectivity index (χ1n) is 7.29. The molecule has 0 bridgehead atoms. The van der Waals surface area contributed by atoms with Gasteiger partial charge in [0.25, 0.3) is 0 Å². The lowest BCUT2D eigenvalue weighted by atomic mass is 10.1. The Morgan fingerprint density at radius 1 is 1.09 bits per heavy atom. The fraction of sp³-hybridized carbons (Fsp3) is 0.118. The maximum atomic E-state index is 6.07. The second-order valence-electron chi connectivity index (χ2n) is 5.40. The number of aryl methyl sites for hydroxylation is 1. The van der Waals surface area contributed by atoms with Crippen LogP contribution in [-0.4, -0.2) is 24.5 Å². The third kappa shape index (κ3) is 2.59. The molecular weight excluding hydrogens is 310 g/mol. The molecule has 0 atom stereocenters. The van der Waals surface area contributed by atoms with Gasteiger partial charge in [-0.15, -0.1) is 0 Å². The quantitative estimate of drug-likeness (QED) is 0.583. The summed E-state index contributed by atoms with van der Waals surface area (Å²) < 4.78 is 2.03. The topological polar surface area (TPSA) is 59.4 Å². The minimum absolute atomic E-state index is 0.452. The molecule has 4 aromatic rings. The Hall–Kier alpha value is -2.66. The van der Waals surface area contributed by atoms with Gasteiger partial charge in [0, 0.05) is 18.0 Å². The number of rotatable bonds is 3. The van der Waals surface area contributed by atoms with Crippen molar-refractivity contribution in [3.63, 3.8) is 0 Å². The number of hydrogen-bond acceptors (Lipinski definition) is 3. The summed E-state index contributed by atoms with van der Waals surface area (Å²) in [6.07, 6.45) is 3.54. The molecule has 5 nitrogen and oxygen atoms in total. The van der Waals surface area contributed by atoms with E-state index in [-0.39, 0.29) is 0 Å². The predicted molar refractivity (Wildman–Crippen MR) is 90.4 cm³/mol. The summed E-state index contributed by atoms with van der Waals surface area (Å²) in [4.78, 5) is 16.6. The van der Waals surface area contributed by atoms with Gasteiger partial charge < -0.3 is 9.55 Å². The summed E-state index contributed by atoms with van der Waals surface area (Å²) in [5, 5.41) is 0.452. The van der Waals surface area contributed by atoms with E-state index in [2.05, 4.69) is 46.1 Å². The fourth-order valence-electron chi connectivity index (χ4n) is 2.59. The van der Waals surface area contributed by atoms with E-state index >= 15 is 0 Å². The highest BCUT2D eigenvalue weighted by atomic mass is 35.5. The zero-order valence-corrected chi connectivity index (χ0v) is 13.2. The second kappa shape index (κ2) is 5.52. The Morgan fingerprint density at radius 3 is 2.65 bits per heavy atom. The maximum Gasteiger partial charge on any atom is 0.162 e. The molecule has 23 heavy (non-hydrogen) atoms. The third-order valence-corrected chi connectivity index (χ3v) is 3.94. The van der Waals surface area contributed by atoms with Crippen LogP contribution in [0.4, 0.5) is 0 Å². The number of hydrogen-bond donors (Lipinski definition) is 1. The first kappa shape index (κ1) is 14.0. The molecule has 0 saturated heterocycles. The van der Waals surface area contributed by atoms with E-state index in [4.69, 9.17) is 16.6 Å². The minimum Gasteiger partial charge on any atom is -0.347 e. The van der Waals surface area contributed by atoms with Gasteiger partial charge in [-0.05, 0) is 19.1 Å². The normalized spacial score (nSPS) is 11.2. The summed E-state index contributed by atoms with van der Waals surface area (Å²) >= 11 is 6.07. The van der Waals surface area contributed by atoms with Crippen LogP contribution in [0.5, 0.6) is 0 Å². The molecule has 0 unspecified atom stereocenters. The number of aromatic amines is 1. The van der Waals surface area contributed by atoms with Gasteiger partial charge in [0.1, 0.15) is 22.3 Å². The van der Waals surface area contributed by atoms with Gasteiger partial charge in [-0.1, -0.05) is 41.4 Å². The molecule has 0 aliphatic carbocycles. The summed E-state index contributed by atoms with van der Waals surface area (Å²) in [5.41, 5.74) is 3.82. The molecule has 114 valence electrons. The highest BCUT2D eigenvalue weighted by Crippen LogP contribution is 2.25. The van der Waals surface area contributed by atoms with Crippen molar-refractivity contribution in [2.24, 2.45) is 0 Å². The number of H-pyrrole nitrogens is 1. The SMILES string of the molecule is Cc1ccc(-c2nc3ccc(Cl)nc3n2Cc2ncc[nH]2)cc1. The number of imidazole rings is 2. The van der Waals surface area contributed by atoms with Crippen molar-refractivity contribution in [2.45, 2.75) is 13.5 Å². The van der Waals surface area contributed by atoms with E-state index in [0.29, 0.717) is 11.7 Å². The molecule has 0 saturated carbocycles. The number of pyridine rings is 1. The Morgan fingerprint density at radius 2 is 1.91 bits per heavy atom. The number of fused-ring (bicyclic) bond motifs is 1. The monoisotopic (exact) mass is 323 g/mol.